The summed E-state index contributed by atoms with van der Waals surface area (Å²) in [4.78, 5) is 25.6. The monoisotopic (exact) mass is 586 g/mol. The van der Waals surface area contributed by atoms with Crippen molar-refractivity contribution in [2.45, 2.75) is 50.9 Å². The molecule has 1 aliphatic carbocycles. The van der Waals surface area contributed by atoms with Crippen LogP contribution in [0.3, 0.4) is 0 Å². The number of nitrogens with zero attached hydrogens (tertiary/aromatic N) is 5. The van der Waals surface area contributed by atoms with Crippen molar-refractivity contribution in [2.75, 3.05) is 49.6 Å². The molecular formula is C27H29F7N6O. The normalized spacial score (nSPS) is 18.2. The molecule has 1 atom stereocenters. The van der Waals surface area contributed by atoms with Crippen LogP contribution in [0.25, 0.3) is 10.9 Å². The van der Waals surface area contributed by atoms with Gasteiger partial charge in [0, 0.05) is 37.9 Å². The summed E-state index contributed by atoms with van der Waals surface area (Å²) in [7, 11) is 0. The maximum absolute atomic E-state index is 14.9. The van der Waals surface area contributed by atoms with E-state index in [-0.39, 0.29) is 54.6 Å². The number of piperazine rings is 1. The zero-order valence-corrected chi connectivity index (χ0v) is 22.4. The van der Waals surface area contributed by atoms with Crippen molar-refractivity contribution < 1.29 is 30.7 Å². The Morgan fingerprint density at radius 2 is 1.73 bits per heavy atom. The van der Waals surface area contributed by atoms with Crippen LogP contribution >= 0.6 is 0 Å². The third-order valence-corrected chi connectivity index (χ3v) is 7.75. The molecule has 0 bridgehead atoms. The summed E-state index contributed by atoms with van der Waals surface area (Å²) < 4.78 is 95.8. The number of pyridine rings is 1. The molecule has 2 aromatic heterocycles. The highest BCUT2D eigenvalue weighted by molar-refractivity contribution is 5.97. The fraction of sp³-hybridized carbons (Fsp3) is 0.519. The number of alkyl halides is 6. The Labute approximate surface area is 231 Å². The number of nitrogens with one attached hydrogen (secondary N) is 1. The summed E-state index contributed by atoms with van der Waals surface area (Å²) in [5.41, 5.74) is -1.98. The Morgan fingerprint density at radius 3 is 2.32 bits per heavy atom. The molecule has 2 aliphatic rings. The van der Waals surface area contributed by atoms with E-state index < -0.39 is 54.3 Å². The molecule has 14 heteroatoms. The molecule has 0 amide bonds. The van der Waals surface area contributed by atoms with E-state index in [1.807, 2.05) is 0 Å². The second-order valence-electron chi connectivity index (χ2n) is 10.7. The van der Waals surface area contributed by atoms with Crippen LogP contribution in [-0.4, -0.2) is 65.0 Å². The lowest BCUT2D eigenvalue weighted by molar-refractivity contribution is -0.146. The van der Waals surface area contributed by atoms with Crippen molar-refractivity contribution in [3.63, 3.8) is 0 Å². The minimum Gasteiger partial charge on any atom is -0.363 e. The van der Waals surface area contributed by atoms with Gasteiger partial charge in [0.05, 0.1) is 29.1 Å². The summed E-state index contributed by atoms with van der Waals surface area (Å²) in [6.07, 6.45) is -5.07. The van der Waals surface area contributed by atoms with E-state index in [1.54, 1.807) is 18.7 Å². The van der Waals surface area contributed by atoms with Gasteiger partial charge in [0.25, 0.3) is 12.0 Å². The molecule has 1 saturated heterocycles. The van der Waals surface area contributed by atoms with Crippen molar-refractivity contribution in [3.8, 4) is 0 Å². The number of hydrogen-bond acceptors (Lipinski definition) is 6. The maximum Gasteiger partial charge on any atom is 0.401 e. The lowest BCUT2D eigenvalue weighted by Crippen LogP contribution is -2.51. The van der Waals surface area contributed by atoms with Gasteiger partial charge in [-0.2, -0.15) is 13.2 Å². The molecule has 3 heterocycles. The lowest BCUT2D eigenvalue weighted by Gasteiger charge is -2.36. The van der Waals surface area contributed by atoms with Gasteiger partial charge < -0.3 is 14.8 Å². The molecule has 0 radical (unpaired) electrons. The summed E-state index contributed by atoms with van der Waals surface area (Å²) >= 11 is 0. The van der Waals surface area contributed by atoms with E-state index >= 15 is 0 Å². The Kier molecular flexibility index (Phi) is 7.64. The van der Waals surface area contributed by atoms with Gasteiger partial charge in [0.1, 0.15) is 35.3 Å². The second-order valence-corrected chi connectivity index (χ2v) is 10.7. The highest BCUT2D eigenvalue weighted by Gasteiger charge is 2.46. The van der Waals surface area contributed by atoms with Crippen LogP contribution in [0.15, 0.2) is 29.2 Å². The van der Waals surface area contributed by atoms with E-state index in [1.165, 1.54) is 27.8 Å². The molecule has 0 spiro atoms. The summed E-state index contributed by atoms with van der Waals surface area (Å²) in [6.45, 7) is 1.61. The van der Waals surface area contributed by atoms with E-state index in [4.69, 9.17) is 0 Å². The molecule has 3 aromatic rings. The van der Waals surface area contributed by atoms with Gasteiger partial charge in [0.15, 0.2) is 0 Å². The molecule has 41 heavy (non-hydrogen) atoms. The molecule has 1 aromatic carbocycles. The van der Waals surface area contributed by atoms with Crippen LogP contribution in [0, 0.1) is 12.7 Å². The molecule has 5 rings (SSSR count). The number of aromatic nitrogens is 3. The molecule has 1 aliphatic heterocycles. The highest BCUT2D eigenvalue weighted by Crippen LogP contribution is 2.44. The van der Waals surface area contributed by atoms with Crippen LogP contribution in [0.2, 0.25) is 0 Å². The van der Waals surface area contributed by atoms with Crippen molar-refractivity contribution in [1.29, 1.82) is 0 Å². The van der Waals surface area contributed by atoms with Crippen LogP contribution in [0.5, 0.6) is 0 Å². The van der Waals surface area contributed by atoms with E-state index in [0.29, 0.717) is 18.2 Å². The van der Waals surface area contributed by atoms with E-state index in [9.17, 15) is 35.5 Å². The first-order valence-corrected chi connectivity index (χ1v) is 13.2. The summed E-state index contributed by atoms with van der Waals surface area (Å²) in [5, 5.41) is 3.37. The highest BCUT2D eigenvalue weighted by atomic mass is 19.4. The number of rotatable bonds is 8. The Hall–Kier alpha value is -3.42. The van der Waals surface area contributed by atoms with Gasteiger partial charge >= 0.3 is 6.18 Å². The Bertz CT molecular complexity index is 1500. The lowest BCUT2D eigenvalue weighted by atomic mass is 10.0. The number of halogens is 7. The molecular weight excluding hydrogens is 557 g/mol. The summed E-state index contributed by atoms with van der Waals surface area (Å²) in [5.74, 6) is -0.627. The first-order chi connectivity index (χ1) is 19.3. The zero-order chi connectivity index (χ0) is 29.7. The number of hydrogen-bond donors (Lipinski definition) is 1. The van der Waals surface area contributed by atoms with Crippen LogP contribution in [-0.2, 0) is 5.54 Å². The molecule has 1 saturated carbocycles. The van der Waals surface area contributed by atoms with E-state index in [0.717, 1.165) is 6.07 Å². The van der Waals surface area contributed by atoms with Crippen molar-refractivity contribution in [2.24, 2.45) is 0 Å². The molecule has 222 valence electrons. The van der Waals surface area contributed by atoms with Gasteiger partial charge in [-0.05, 0) is 26.7 Å². The number of aryl methyl sites for hydroxylation is 1. The third kappa shape index (κ3) is 5.70. The zero-order valence-electron chi connectivity index (χ0n) is 22.4. The number of anilines is 2. The average molecular weight is 587 g/mol. The van der Waals surface area contributed by atoms with Gasteiger partial charge in [-0.15, -0.1) is 0 Å². The average Bonchev–Trinajstić information content (AvgIpc) is 3.69. The quantitative estimate of drug-likeness (QED) is 0.352. The van der Waals surface area contributed by atoms with Crippen LogP contribution in [0.4, 0.5) is 42.2 Å². The van der Waals surface area contributed by atoms with Crippen LogP contribution in [0.1, 0.15) is 49.2 Å². The first-order valence-electron chi connectivity index (χ1n) is 13.2. The smallest absolute Gasteiger partial charge is 0.363 e. The van der Waals surface area contributed by atoms with Gasteiger partial charge in [-0.1, -0.05) is 18.2 Å². The number of fused-ring (bicyclic) bond motifs is 1. The van der Waals surface area contributed by atoms with Crippen LogP contribution < -0.4 is 15.8 Å². The fourth-order valence-corrected chi connectivity index (χ4v) is 5.36. The predicted octanol–water partition coefficient (Wildman–Crippen LogP) is 5.49. The standard InChI is InChI=1S/C27H29F7N6O/c1-15(17-4-3-5-18(20(17)29)23(30)31)35-24-19-12-40(26(13-28)6-7-26)25(41)22(21(19)36-16(2)37-24)39-10-8-38(9-11-39)14-27(32,33)34/h3-5,12,15,23H,6-11,13-14H2,1-2H3,(H,35,36,37)/t15-/m1/s1. The minimum absolute atomic E-state index is 0.0241. The van der Waals surface area contributed by atoms with Crippen molar-refractivity contribution in [3.05, 3.63) is 57.5 Å². The third-order valence-electron chi connectivity index (χ3n) is 7.75. The first kappa shape index (κ1) is 29.1. The van der Waals surface area contributed by atoms with Gasteiger partial charge in [-0.25, -0.2) is 27.5 Å². The predicted molar refractivity (Wildman–Crippen MR) is 140 cm³/mol. The fourth-order valence-electron chi connectivity index (χ4n) is 5.36. The van der Waals surface area contributed by atoms with E-state index in [2.05, 4.69) is 15.3 Å². The SMILES string of the molecule is Cc1nc(N[C@H](C)c2cccc(C(F)F)c2F)c2cn(C3(CF)CC3)c(=O)c(N3CCN(CC(F)(F)F)CC3)c2n1. The van der Waals surface area contributed by atoms with Crippen molar-refractivity contribution in [1.82, 2.24) is 19.4 Å². The molecule has 1 N–H and O–H groups in total. The summed E-state index contributed by atoms with van der Waals surface area (Å²) in [6, 6.07) is 2.87. The Balaban J connectivity index is 1.59. The maximum atomic E-state index is 14.9. The molecule has 7 nitrogen and oxygen atoms in total. The Morgan fingerprint density at radius 1 is 1.07 bits per heavy atom. The largest absolute Gasteiger partial charge is 0.401 e. The molecule has 2 fully saturated rings. The van der Waals surface area contributed by atoms with Gasteiger partial charge in [-0.3, -0.25) is 9.69 Å². The minimum atomic E-state index is -4.36. The molecule has 0 unspecified atom stereocenters. The number of benzene rings is 1. The van der Waals surface area contributed by atoms with Crippen molar-refractivity contribution >= 4 is 22.4 Å². The second kappa shape index (κ2) is 10.8. The topological polar surface area (TPSA) is 66.3 Å². The van der Waals surface area contributed by atoms with Gasteiger partial charge in [0.2, 0.25) is 0 Å².